The molecule has 0 bridgehead atoms. The molecule has 0 unspecified atom stereocenters. The number of benzene rings is 1. The minimum absolute atomic E-state index is 0.0478. The molecule has 0 fully saturated rings. The monoisotopic (exact) mass is 411 g/mol. The van der Waals surface area contributed by atoms with Crippen molar-refractivity contribution in [3.8, 4) is 5.75 Å². The van der Waals surface area contributed by atoms with Gasteiger partial charge in [-0.05, 0) is 36.8 Å². The number of nitrogens with zero attached hydrogens (tertiary/aromatic N) is 3. The minimum Gasteiger partial charge on any atom is -0.491 e. The largest absolute Gasteiger partial charge is 0.491 e. The van der Waals surface area contributed by atoms with Crippen LogP contribution in [0.25, 0.3) is 10.2 Å². The third kappa shape index (κ3) is 4.71. The van der Waals surface area contributed by atoms with E-state index in [0.717, 1.165) is 34.6 Å². The molecule has 0 aliphatic heterocycles. The number of alkyl halides is 3. The van der Waals surface area contributed by atoms with E-state index in [1.807, 2.05) is 11.9 Å². The fourth-order valence-corrected chi connectivity index (χ4v) is 3.69. The summed E-state index contributed by atoms with van der Waals surface area (Å²) in [7, 11) is 1.81. The van der Waals surface area contributed by atoms with E-state index in [1.54, 1.807) is 11.3 Å². The maximum absolute atomic E-state index is 12.6. The summed E-state index contributed by atoms with van der Waals surface area (Å²) in [6.45, 7) is 2.28. The topological polar surface area (TPSA) is 58.5 Å². The molecule has 2 heterocycles. The van der Waals surface area contributed by atoms with Crippen LogP contribution in [-0.2, 0) is 12.6 Å². The Morgan fingerprint density at radius 1 is 1.21 bits per heavy atom. The quantitative estimate of drug-likeness (QED) is 0.633. The number of anilines is 1. The van der Waals surface area contributed by atoms with Gasteiger partial charge in [0.25, 0.3) is 0 Å². The number of hydrogen-bond acceptors (Lipinski definition) is 6. The Hall–Kier alpha value is -2.39. The zero-order valence-corrected chi connectivity index (χ0v) is 16.2. The second-order valence-electron chi connectivity index (χ2n) is 6.35. The van der Waals surface area contributed by atoms with Crippen LogP contribution in [0.1, 0.15) is 17.4 Å². The molecule has 0 amide bonds. The van der Waals surface area contributed by atoms with Crippen molar-refractivity contribution in [1.29, 1.82) is 0 Å². The Bertz CT molecular complexity index is 928. The third-order valence-corrected chi connectivity index (χ3v) is 5.37. The number of hydrogen-bond donors (Lipinski definition) is 1. The summed E-state index contributed by atoms with van der Waals surface area (Å²) in [5.74, 6) is 0.985. The van der Waals surface area contributed by atoms with Crippen molar-refractivity contribution in [3.05, 3.63) is 47.1 Å². The molecule has 9 heteroatoms. The number of fused-ring (bicyclic) bond motifs is 1. The van der Waals surface area contributed by atoms with E-state index in [0.29, 0.717) is 0 Å². The summed E-state index contributed by atoms with van der Waals surface area (Å²) in [5.41, 5.74) is -0.741. The van der Waals surface area contributed by atoms with Crippen LogP contribution in [0.3, 0.4) is 0 Å². The van der Waals surface area contributed by atoms with Crippen LogP contribution < -0.4 is 9.64 Å². The molecule has 0 aliphatic carbocycles. The van der Waals surface area contributed by atoms with E-state index in [1.165, 1.54) is 23.3 Å². The summed E-state index contributed by atoms with van der Waals surface area (Å²) in [5, 5.41) is 11.2. The number of aliphatic hydroxyl groups excluding tert-OH is 1. The summed E-state index contributed by atoms with van der Waals surface area (Å²) < 4.78 is 43.1. The number of ether oxygens (including phenoxy) is 1. The molecule has 1 aromatic carbocycles. The molecule has 28 heavy (non-hydrogen) atoms. The Morgan fingerprint density at radius 2 is 1.93 bits per heavy atom. The van der Waals surface area contributed by atoms with Crippen LogP contribution in [0.15, 0.2) is 36.7 Å². The highest BCUT2D eigenvalue weighted by Gasteiger charge is 2.30. The fourth-order valence-electron chi connectivity index (χ4n) is 2.76. The van der Waals surface area contributed by atoms with Crippen molar-refractivity contribution in [2.24, 2.45) is 0 Å². The number of likely N-dealkylation sites (N-methyl/N-ethyl adjacent to an activating group) is 1. The van der Waals surface area contributed by atoms with Gasteiger partial charge in [0.15, 0.2) is 0 Å². The highest BCUT2D eigenvalue weighted by molar-refractivity contribution is 7.18. The van der Waals surface area contributed by atoms with Crippen LogP contribution in [0, 0.1) is 0 Å². The number of aliphatic hydroxyl groups is 1. The molecule has 0 spiro atoms. The van der Waals surface area contributed by atoms with E-state index in [-0.39, 0.29) is 18.9 Å². The van der Waals surface area contributed by atoms with Crippen molar-refractivity contribution in [1.82, 2.24) is 9.97 Å². The molecule has 3 aromatic rings. The molecule has 0 radical (unpaired) electrons. The molecule has 5 nitrogen and oxygen atoms in total. The van der Waals surface area contributed by atoms with Gasteiger partial charge in [-0.15, -0.1) is 11.3 Å². The second-order valence-corrected chi connectivity index (χ2v) is 7.47. The number of thiophene rings is 1. The zero-order valence-electron chi connectivity index (χ0n) is 15.4. The first kappa shape index (κ1) is 20.3. The molecule has 2 aromatic heterocycles. The Balaban J connectivity index is 1.60. The van der Waals surface area contributed by atoms with Gasteiger partial charge in [-0.3, -0.25) is 0 Å². The van der Waals surface area contributed by atoms with E-state index in [4.69, 9.17) is 4.74 Å². The van der Waals surface area contributed by atoms with E-state index < -0.39 is 17.8 Å². The van der Waals surface area contributed by atoms with E-state index in [2.05, 4.69) is 23.0 Å². The minimum atomic E-state index is -4.39. The van der Waals surface area contributed by atoms with E-state index in [9.17, 15) is 18.3 Å². The average molecular weight is 411 g/mol. The van der Waals surface area contributed by atoms with Crippen LogP contribution >= 0.6 is 11.3 Å². The lowest BCUT2D eigenvalue weighted by atomic mass is 10.2. The van der Waals surface area contributed by atoms with Gasteiger partial charge in [0.05, 0.1) is 10.9 Å². The first-order chi connectivity index (χ1) is 13.3. The SMILES string of the molecule is CCc1cc2c(N(C)C[C@@H](O)COc3ccc(C(F)(F)F)cc3)ncnc2s1. The average Bonchev–Trinajstić information content (AvgIpc) is 3.09. The smallest absolute Gasteiger partial charge is 0.416 e. The lowest BCUT2D eigenvalue weighted by Crippen LogP contribution is -2.33. The molecular formula is C19H20F3N3O2S. The van der Waals surface area contributed by atoms with Crippen LogP contribution in [0.2, 0.25) is 0 Å². The summed E-state index contributed by atoms with van der Waals surface area (Å²) in [6, 6.07) is 6.44. The number of rotatable bonds is 7. The van der Waals surface area contributed by atoms with Gasteiger partial charge in [-0.25, -0.2) is 9.97 Å². The second kappa shape index (κ2) is 8.32. The van der Waals surface area contributed by atoms with Gasteiger partial charge in [0.2, 0.25) is 0 Å². The predicted molar refractivity (Wildman–Crippen MR) is 103 cm³/mol. The normalized spacial score (nSPS) is 12.9. The van der Waals surface area contributed by atoms with Gasteiger partial charge >= 0.3 is 6.18 Å². The van der Waals surface area contributed by atoms with Crippen LogP contribution in [0.5, 0.6) is 5.75 Å². The Labute approximate surface area is 164 Å². The molecule has 0 aliphatic rings. The van der Waals surface area contributed by atoms with Crippen LogP contribution in [0.4, 0.5) is 19.0 Å². The van der Waals surface area contributed by atoms with Crippen molar-refractivity contribution < 1.29 is 23.0 Å². The predicted octanol–water partition coefficient (Wildman–Crippen LogP) is 4.15. The maximum atomic E-state index is 12.6. The maximum Gasteiger partial charge on any atom is 0.416 e. The third-order valence-electron chi connectivity index (χ3n) is 4.18. The number of aryl methyl sites for hydroxylation is 1. The number of aromatic nitrogens is 2. The first-order valence-corrected chi connectivity index (χ1v) is 9.52. The van der Waals surface area contributed by atoms with Gasteiger partial charge < -0.3 is 14.7 Å². The summed E-state index contributed by atoms with van der Waals surface area (Å²) in [4.78, 5) is 12.5. The Morgan fingerprint density at radius 3 is 2.57 bits per heavy atom. The summed E-state index contributed by atoms with van der Waals surface area (Å²) in [6.07, 6.45) is -2.83. The van der Waals surface area contributed by atoms with Gasteiger partial charge in [0.1, 0.15) is 35.4 Å². The standard InChI is InChI=1S/C19H20F3N3O2S/c1-3-15-8-16-17(23-11-24-18(16)28-15)25(2)9-13(26)10-27-14-6-4-12(5-7-14)19(20,21)22/h4-8,11,13,26H,3,9-10H2,1-2H3/t13-/m1/s1. The first-order valence-electron chi connectivity index (χ1n) is 8.70. The lowest BCUT2D eigenvalue weighted by molar-refractivity contribution is -0.137. The van der Waals surface area contributed by atoms with Crippen molar-refractivity contribution in [3.63, 3.8) is 0 Å². The van der Waals surface area contributed by atoms with Crippen LogP contribution in [-0.4, -0.2) is 41.4 Å². The molecule has 3 rings (SSSR count). The van der Waals surface area contributed by atoms with Gasteiger partial charge in [-0.1, -0.05) is 6.92 Å². The molecule has 0 saturated heterocycles. The van der Waals surface area contributed by atoms with Gasteiger partial charge in [0, 0.05) is 18.5 Å². The molecule has 0 saturated carbocycles. The molecule has 1 N–H and O–H groups in total. The highest BCUT2D eigenvalue weighted by Crippen LogP contribution is 2.31. The molecule has 150 valence electrons. The highest BCUT2D eigenvalue weighted by atomic mass is 32.1. The number of halogens is 3. The van der Waals surface area contributed by atoms with Crippen molar-refractivity contribution in [2.45, 2.75) is 25.6 Å². The lowest BCUT2D eigenvalue weighted by Gasteiger charge is -2.22. The van der Waals surface area contributed by atoms with Crippen molar-refractivity contribution in [2.75, 3.05) is 25.1 Å². The fraction of sp³-hybridized carbons (Fsp3) is 0.368. The molecule has 1 atom stereocenters. The van der Waals surface area contributed by atoms with E-state index >= 15 is 0 Å². The van der Waals surface area contributed by atoms with Gasteiger partial charge in [-0.2, -0.15) is 13.2 Å². The molecular weight excluding hydrogens is 391 g/mol. The zero-order chi connectivity index (χ0) is 20.3. The summed E-state index contributed by atoms with van der Waals surface area (Å²) >= 11 is 1.61. The Kier molecular flexibility index (Phi) is 6.04. The van der Waals surface area contributed by atoms with Crippen molar-refractivity contribution >= 4 is 27.4 Å².